The van der Waals surface area contributed by atoms with Gasteiger partial charge in [0.1, 0.15) is 5.75 Å². The maximum Gasteiger partial charge on any atom is 0.314 e. The van der Waals surface area contributed by atoms with E-state index in [1.54, 1.807) is 12.1 Å². The number of benzene rings is 1. The molecule has 1 aromatic rings. The molecule has 0 amide bonds. The van der Waals surface area contributed by atoms with Crippen LogP contribution in [0.25, 0.3) is 0 Å². The molecule has 1 saturated carbocycles. The molecule has 1 fully saturated rings. The Morgan fingerprint density at radius 1 is 1.23 bits per heavy atom. The van der Waals surface area contributed by atoms with E-state index in [2.05, 4.69) is 0 Å². The Morgan fingerprint density at radius 3 is 2.64 bits per heavy atom. The average Bonchev–Trinajstić information content (AvgIpc) is 2.49. The first-order valence-corrected chi connectivity index (χ1v) is 7.92. The fourth-order valence-corrected chi connectivity index (χ4v) is 4.84. The van der Waals surface area contributed by atoms with Crippen LogP contribution in [0.3, 0.4) is 0 Å². The van der Waals surface area contributed by atoms with Gasteiger partial charge in [0.05, 0.1) is 18.1 Å². The molecule has 0 aliphatic heterocycles. The topological polar surface area (TPSA) is 66.8 Å². The molecule has 2 N–H and O–H groups in total. The molecule has 0 radical (unpaired) electrons. The molecule has 4 heteroatoms. The summed E-state index contributed by atoms with van der Waals surface area (Å²) in [5, 5.41) is 21.5. The first-order valence-electron chi connectivity index (χ1n) is 7.92. The van der Waals surface area contributed by atoms with Gasteiger partial charge in [-0.3, -0.25) is 4.79 Å². The van der Waals surface area contributed by atoms with Crippen molar-refractivity contribution in [2.75, 3.05) is 7.11 Å². The Morgan fingerprint density at radius 2 is 1.95 bits per heavy atom. The van der Waals surface area contributed by atoms with E-state index in [0.717, 1.165) is 24.0 Å². The third-order valence-electron chi connectivity index (χ3n) is 6.26. The van der Waals surface area contributed by atoms with Crippen LogP contribution in [0.4, 0.5) is 0 Å². The van der Waals surface area contributed by atoms with Gasteiger partial charge in [0.2, 0.25) is 0 Å². The standard InChI is InChI=1S/C18H24O4/c1-16-8-4-9-17(2,15(20)22-3)18(16,21)10-7-12-5-6-13(19)11-14(12)16/h5-6,11,19,21H,4,7-10H2,1-3H3/t16-,17-,18+/m1/s1. The van der Waals surface area contributed by atoms with Crippen LogP contribution >= 0.6 is 0 Å². The minimum absolute atomic E-state index is 0.203. The van der Waals surface area contributed by atoms with Gasteiger partial charge in [-0.05, 0) is 55.9 Å². The van der Waals surface area contributed by atoms with E-state index in [9.17, 15) is 15.0 Å². The van der Waals surface area contributed by atoms with Crippen molar-refractivity contribution in [2.45, 2.75) is 57.0 Å². The number of aliphatic hydroxyl groups is 1. The lowest BCUT2D eigenvalue weighted by Crippen LogP contribution is -2.67. The fraction of sp³-hybridized carbons (Fsp3) is 0.611. The molecule has 0 aromatic heterocycles. The van der Waals surface area contributed by atoms with Gasteiger partial charge in [0, 0.05) is 5.41 Å². The molecule has 2 aliphatic carbocycles. The molecule has 120 valence electrons. The molecule has 3 atom stereocenters. The van der Waals surface area contributed by atoms with Crippen LogP contribution in [0.15, 0.2) is 18.2 Å². The van der Waals surface area contributed by atoms with Crippen LogP contribution in [0.2, 0.25) is 0 Å². The van der Waals surface area contributed by atoms with Crippen molar-refractivity contribution in [3.63, 3.8) is 0 Å². The van der Waals surface area contributed by atoms with Gasteiger partial charge in [-0.1, -0.05) is 19.4 Å². The number of ether oxygens (including phenoxy) is 1. The maximum atomic E-state index is 12.4. The summed E-state index contributed by atoms with van der Waals surface area (Å²) in [6.45, 7) is 3.84. The van der Waals surface area contributed by atoms with Gasteiger partial charge in [0.25, 0.3) is 0 Å². The molecule has 0 saturated heterocycles. The Balaban J connectivity index is 2.20. The fourth-order valence-electron chi connectivity index (χ4n) is 4.84. The Bertz CT molecular complexity index is 626. The zero-order chi connectivity index (χ0) is 16.2. The third kappa shape index (κ3) is 1.70. The molecule has 3 rings (SSSR count). The predicted molar refractivity (Wildman–Crippen MR) is 82.7 cm³/mol. The summed E-state index contributed by atoms with van der Waals surface area (Å²) in [7, 11) is 1.38. The Labute approximate surface area is 131 Å². The molecule has 0 heterocycles. The number of phenols is 1. The third-order valence-corrected chi connectivity index (χ3v) is 6.26. The lowest BCUT2D eigenvalue weighted by atomic mass is 9.47. The van der Waals surface area contributed by atoms with Crippen molar-refractivity contribution in [1.82, 2.24) is 0 Å². The van der Waals surface area contributed by atoms with E-state index >= 15 is 0 Å². The van der Waals surface area contributed by atoms with E-state index in [0.29, 0.717) is 19.3 Å². The second kappa shape index (κ2) is 4.72. The predicted octanol–water partition coefficient (Wildman–Crippen LogP) is 2.69. The number of methoxy groups -OCH3 is 1. The summed E-state index contributed by atoms with van der Waals surface area (Å²) < 4.78 is 5.02. The number of esters is 1. The zero-order valence-corrected chi connectivity index (χ0v) is 13.5. The molecule has 2 aliphatic rings. The summed E-state index contributed by atoms with van der Waals surface area (Å²) in [5.74, 6) is -0.140. The van der Waals surface area contributed by atoms with Gasteiger partial charge < -0.3 is 14.9 Å². The summed E-state index contributed by atoms with van der Waals surface area (Å²) in [6.07, 6.45) is 3.51. The summed E-state index contributed by atoms with van der Waals surface area (Å²) in [6, 6.07) is 5.37. The maximum absolute atomic E-state index is 12.4. The molecular formula is C18H24O4. The highest BCUT2D eigenvalue weighted by Crippen LogP contribution is 2.60. The zero-order valence-electron chi connectivity index (χ0n) is 13.5. The molecule has 22 heavy (non-hydrogen) atoms. The highest BCUT2D eigenvalue weighted by Gasteiger charge is 2.65. The first-order chi connectivity index (χ1) is 10.3. The van der Waals surface area contributed by atoms with Crippen molar-refractivity contribution in [1.29, 1.82) is 0 Å². The molecule has 1 aromatic carbocycles. The number of fused-ring (bicyclic) bond motifs is 3. The van der Waals surface area contributed by atoms with Crippen LogP contribution in [0, 0.1) is 5.41 Å². The van der Waals surface area contributed by atoms with E-state index in [1.165, 1.54) is 7.11 Å². The lowest BCUT2D eigenvalue weighted by molar-refractivity contribution is -0.198. The number of aromatic hydroxyl groups is 1. The summed E-state index contributed by atoms with van der Waals surface area (Å²) in [4.78, 5) is 12.4. The van der Waals surface area contributed by atoms with Crippen molar-refractivity contribution in [2.24, 2.45) is 5.41 Å². The second-order valence-electron chi connectivity index (χ2n) is 7.21. The first kappa shape index (κ1) is 15.3. The summed E-state index contributed by atoms with van der Waals surface area (Å²) >= 11 is 0. The van der Waals surface area contributed by atoms with Crippen LogP contribution in [-0.4, -0.2) is 28.9 Å². The van der Waals surface area contributed by atoms with E-state index in [1.807, 2.05) is 19.9 Å². The van der Waals surface area contributed by atoms with Crippen LogP contribution < -0.4 is 0 Å². The minimum Gasteiger partial charge on any atom is -0.508 e. The van der Waals surface area contributed by atoms with Crippen molar-refractivity contribution in [3.8, 4) is 5.75 Å². The van der Waals surface area contributed by atoms with Crippen molar-refractivity contribution in [3.05, 3.63) is 29.3 Å². The molecule has 0 spiro atoms. The van der Waals surface area contributed by atoms with E-state index < -0.39 is 16.4 Å². The van der Waals surface area contributed by atoms with Crippen LogP contribution in [-0.2, 0) is 21.4 Å². The average molecular weight is 304 g/mol. The second-order valence-corrected chi connectivity index (χ2v) is 7.21. The van der Waals surface area contributed by atoms with Crippen LogP contribution in [0.5, 0.6) is 5.75 Å². The lowest BCUT2D eigenvalue weighted by Gasteiger charge is -2.59. The van der Waals surface area contributed by atoms with Crippen molar-refractivity contribution >= 4 is 5.97 Å². The van der Waals surface area contributed by atoms with Gasteiger partial charge in [-0.2, -0.15) is 0 Å². The number of phenolic OH excluding ortho intramolecular Hbond substituents is 1. The monoisotopic (exact) mass is 304 g/mol. The van der Waals surface area contributed by atoms with Gasteiger partial charge in [0.15, 0.2) is 0 Å². The van der Waals surface area contributed by atoms with E-state index in [4.69, 9.17) is 4.74 Å². The Hall–Kier alpha value is -1.55. The normalized spacial score (nSPS) is 37.1. The highest BCUT2D eigenvalue weighted by atomic mass is 16.5. The Kier molecular flexibility index (Phi) is 3.29. The SMILES string of the molecule is COC(=O)[C@@]1(C)CCC[C@]2(C)c3cc(O)ccc3CC[C@@]12O. The van der Waals surface area contributed by atoms with Gasteiger partial charge in [-0.25, -0.2) is 0 Å². The van der Waals surface area contributed by atoms with Crippen molar-refractivity contribution < 1.29 is 19.7 Å². The highest BCUT2D eigenvalue weighted by molar-refractivity contribution is 5.79. The number of carbonyl (C=O) groups is 1. The summed E-state index contributed by atoms with van der Waals surface area (Å²) in [5.41, 5.74) is -0.514. The number of rotatable bonds is 1. The van der Waals surface area contributed by atoms with Crippen LogP contribution in [0.1, 0.15) is 50.7 Å². The minimum atomic E-state index is -1.16. The van der Waals surface area contributed by atoms with Gasteiger partial charge >= 0.3 is 5.97 Å². The smallest absolute Gasteiger partial charge is 0.314 e. The molecule has 4 nitrogen and oxygen atoms in total. The van der Waals surface area contributed by atoms with Gasteiger partial charge in [-0.15, -0.1) is 0 Å². The number of carbonyl (C=O) groups excluding carboxylic acids is 1. The van der Waals surface area contributed by atoms with E-state index in [-0.39, 0.29) is 11.7 Å². The quantitative estimate of drug-likeness (QED) is 0.783. The number of hydrogen-bond acceptors (Lipinski definition) is 4. The largest absolute Gasteiger partial charge is 0.508 e. The molecule has 0 unspecified atom stereocenters. The molecular weight excluding hydrogens is 280 g/mol. The molecule has 0 bridgehead atoms. The number of aryl methyl sites for hydroxylation is 1. The number of hydrogen-bond donors (Lipinski definition) is 2.